The summed E-state index contributed by atoms with van der Waals surface area (Å²) in [5.41, 5.74) is 1.16. The molecule has 24 heavy (non-hydrogen) atoms. The number of carbonyl (C=O) groups is 2. The highest BCUT2D eigenvalue weighted by molar-refractivity contribution is 5.95. The molecule has 0 spiro atoms. The summed E-state index contributed by atoms with van der Waals surface area (Å²) in [4.78, 5) is 26.5. The Morgan fingerprint density at radius 2 is 1.92 bits per heavy atom. The standard InChI is InChI=1S/C18H17NO5/c1-3-23-17-10-13(8-9-16(17)24-12(2)20)11-19-15-7-5-4-6-14(15)18(21)22/h4-11H,3H2,1-2H3,(H,21,22). The maximum absolute atomic E-state index is 11.2. The van der Waals surface area contributed by atoms with Crippen LogP contribution in [0.2, 0.25) is 0 Å². The largest absolute Gasteiger partial charge is 0.490 e. The molecule has 0 bridgehead atoms. The fraction of sp³-hybridized carbons (Fsp3) is 0.167. The Kier molecular flexibility index (Phi) is 5.68. The van der Waals surface area contributed by atoms with Crippen molar-refractivity contribution in [1.29, 1.82) is 0 Å². The molecule has 2 rings (SSSR count). The first-order valence-electron chi connectivity index (χ1n) is 7.33. The van der Waals surface area contributed by atoms with E-state index in [1.54, 1.807) is 36.4 Å². The fourth-order valence-electron chi connectivity index (χ4n) is 2.02. The minimum Gasteiger partial charge on any atom is -0.490 e. The van der Waals surface area contributed by atoms with Crippen molar-refractivity contribution in [3.63, 3.8) is 0 Å². The maximum Gasteiger partial charge on any atom is 0.337 e. The molecule has 0 aliphatic heterocycles. The Balaban J connectivity index is 2.31. The first kappa shape index (κ1) is 17.2. The molecule has 0 aromatic heterocycles. The van der Waals surface area contributed by atoms with Crippen molar-refractivity contribution in [2.45, 2.75) is 13.8 Å². The van der Waals surface area contributed by atoms with Crippen LogP contribution in [0, 0.1) is 0 Å². The van der Waals surface area contributed by atoms with E-state index < -0.39 is 11.9 Å². The Morgan fingerprint density at radius 3 is 2.58 bits per heavy atom. The van der Waals surface area contributed by atoms with Crippen LogP contribution in [0.4, 0.5) is 5.69 Å². The van der Waals surface area contributed by atoms with E-state index in [-0.39, 0.29) is 5.56 Å². The molecule has 124 valence electrons. The number of carbonyl (C=O) groups excluding carboxylic acids is 1. The summed E-state index contributed by atoms with van der Waals surface area (Å²) in [6.45, 7) is 3.55. The number of benzene rings is 2. The normalized spacial score (nSPS) is 10.6. The monoisotopic (exact) mass is 327 g/mol. The molecule has 0 aliphatic rings. The van der Waals surface area contributed by atoms with Gasteiger partial charge in [-0.05, 0) is 42.8 Å². The minimum absolute atomic E-state index is 0.121. The SMILES string of the molecule is CCOc1cc(C=Nc2ccccc2C(=O)O)ccc1OC(C)=O. The third-order valence-electron chi connectivity index (χ3n) is 3.01. The van der Waals surface area contributed by atoms with Gasteiger partial charge in [0.1, 0.15) is 0 Å². The summed E-state index contributed by atoms with van der Waals surface area (Å²) in [6.07, 6.45) is 1.53. The van der Waals surface area contributed by atoms with E-state index in [1.807, 2.05) is 6.92 Å². The lowest BCUT2D eigenvalue weighted by molar-refractivity contribution is -0.132. The van der Waals surface area contributed by atoms with Crippen LogP contribution in [0.1, 0.15) is 29.8 Å². The second kappa shape index (κ2) is 7.92. The highest BCUT2D eigenvalue weighted by Crippen LogP contribution is 2.28. The summed E-state index contributed by atoms with van der Waals surface area (Å²) in [5.74, 6) is -0.730. The topological polar surface area (TPSA) is 85.2 Å². The van der Waals surface area contributed by atoms with E-state index in [9.17, 15) is 9.59 Å². The molecule has 6 heteroatoms. The van der Waals surface area contributed by atoms with Gasteiger partial charge in [0.25, 0.3) is 0 Å². The molecular weight excluding hydrogens is 310 g/mol. The molecule has 0 atom stereocenters. The second-order valence-electron chi connectivity index (χ2n) is 4.81. The molecule has 0 radical (unpaired) electrons. The molecule has 0 fully saturated rings. The number of aromatic carboxylic acids is 1. The van der Waals surface area contributed by atoms with Crippen molar-refractivity contribution in [2.24, 2.45) is 4.99 Å². The molecule has 6 nitrogen and oxygen atoms in total. The summed E-state index contributed by atoms with van der Waals surface area (Å²) < 4.78 is 10.5. The fourth-order valence-corrected chi connectivity index (χ4v) is 2.02. The van der Waals surface area contributed by atoms with E-state index in [0.717, 1.165) is 0 Å². The Labute approximate surface area is 139 Å². The smallest absolute Gasteiger partial charge is 0.337 e. The summed E-state index contributed by atoms with van der Waals surface area (Å²) >= 11 is 0. The van der Waals surface area contributed by atoms with Crippen LogP contribution < -0.4 is 9.47 Å². The summed E-state index contributed by atoms with van der Waals surface area (Å²) in [5, 5.41) is 9.15. The third kappa shape index (κ3) is 4.42. The molecule has 0 amide bonds. The number of carboxylic acids is 1. The molecule has 0 aliphatic carbocycles. The second-order valence-corrected chi connectivity index (χ2v) is 4.81. The van der Waals surface area contributed by atoms with E-state index in [0.29, 0.717) is 29.4 Å². The first-order valence-corrected chi connectivity index (χ1v) is 7.33. The third-order valence-corrected chi connectivity index (χ3v) is 3.01. The average molecular weight is 327 g/mol. The number of carboxylic acid groups (broad SMARTS) is 1. The van der Waals surface area contributed by atoms with Gasteiger partial charge in [0.15, 0.2) is 11.5 Å². The molecule has 1 N–H and O–H groups in total. The quantitative estimate of drug-likeness (QED) is 0.499. The van der Waals surface area contributed by atoms with Crippen molar-refractivity contribution in [3.05, 3.63) is 53.6 Å². The van der Waals surface area contributed by atoms with Gasteiger partial charge in [-0.2, -0.15) is 0 Å². The lowest BCUT2D eigenvalue weighted by atomic mass is 10.2. The van der Waals surface area contributed by atoms with Crippen molar-refractivity contribution >= 4 is 23.8 Å². The van der Waals surface area contributed by atoms with Crippen LogP contribution >= 0.6 is 0 Å². The van der Waals surface area contributed by atoms with Gasteiger partial charge in [0.2, 0.25) is 0 Å². The number of rotatable bonds is 6. The zero-order valence-electron chi connectivity index (χ0n) is 13.4. The minimum atomic E-state index is -1.04. The predicted octanol–water partition coefficient (Wildman–Crippen LogP) is 3.46. The van der Waals surface area contributed by atoms with E-state index in [1.165, 1.54) is 19.2 Å². The number of esters is 1. The van der Waals surface area contributed by atoms with Crippen LogP contribution in [-0.2, 0) is 4.79 Å². The molecule has 0 saturated heterocycles. The summed E-state index contributed by atoms with van der Waals surface area (Å²) in [6, 6.07) is 11.5. The van der Waals surface area contributed by atoms with Crippen LogP contribution in [0.15, 0.2) is 47.5 Å². The van der Waals surface area contributed by atoms with Gasteiger partial charge < -0.3 is 14.6 Å². The number of ether oxygens (including phenoxy) is 2. The van der Waals surface area contributed by atoms with Crippen molar-refractivity contribution in [1.82, 2.24) is 0 Å². The first-order chi connectivity index (χ1) is 11.5. The molecule has 0 heterocycles. The van der Waals surface area contributed by atoms with Gasteiger partial charge >= 0.3 is 11.9 Å². The highest BCUT2D eigenvalue weighted by Gasteiger charge is 2.09. The van der Waals surface area contributed by atoms with Crippen LogP contribution in [0.25, 0.3) is 0 Å². The van der Waals surface area contributed by atoms with Gasteiger partial charge in [-0.25, -0.2) is 4.79 Å². The predicted molar refractivity (Wildman–Crippen MR) is 89.6 cm³/mol. The van der Waals surface area contributed by atoms with Crippen LogP contribution in [0.3, 0.4) is 0 Å². The Morgan fingerprint density at radius 1 is 1.17 bits per heavy atom. The Hall–Kier alpha value is -3.15. The molecule has 0 unspecified atom stereocenters. The van der Waals surface area contributed by atoms with E-state index >= 15 is 0 Å². The number of para-hydroxylation sites is 1. The highest BCUT2D eigenvalue weighted by atomic mass is 16.6. The van der Waals surface area contributed by atoms with Gasteiger partial charge in [0, 0.05) is 13.1 Å². The van der Waals surface area contributed by atoms with Crippen molar-refractivity contribution in [3.8, 4) is 11.5 Å². The Bertz CT molecular complexity index is 783. The lowest BCUT2D eigenvalue weighted by Gasteiger charge is -2.10. The number of aliphatic imine (C=N–C) groups is 1. The summed E-state index contributed by atoms with van der Waals surface area (Å²) in [7, 11) is 0. The lowest BCUT2D eigenvalue weighted by Crippen LogP contribution is -2.04. The maximum atomic E-state index is 11.2. The molecule has 2 aromatic rings. The zero-order chi connectivity index (χ0) is 17.5. The van der Waals surface area contributed by atoms with Gasteiger partial charge in [-0.3, -0.25) is 9.79 Å². The van der Waals surface area contributed by atoms with Gasteiger partial charge in [-0.1, -0.05) is 12.1 Å². The molecule has 2 aromatic carbocycles. The average Bonchev–Trinajstić information content (AvgIpc) is 2.55. The van der Waals surface area contributed by atoms with Crippen LogP contribution in [-0.4, -0.2) is 29.9 Å². The zero-order valence-corrected chi connectivity index (χ0v) is 13.4. The van der Waals surface area contributed by atoms with E-state index in [4.69, 9.17) is 14.6 Å². The van der Waals surface area contributed by atoms with Crippen molar-refractivity contribution < 1.29 is 24.2 Å². The van der Waals surface area contributed by atoms with E-state index in [2.05, 4.69) is 4.99 Å². The number of hydrogen-bond acceptors (Lipinski definition) is 5. The van der Waals surface area contributed by atoms with Gasteiger partial charge in [-0.15, -0.1) is 0 Å². The molecular formula is C18H17NO5. The molecule has 0 saturated carbocycles. The number of nitrogens with zero attached hydrogens (tertiary/aromatic N) is 1. The number of hydrogen-bond donors (Lipinski definition) is 1. The van der Waals surface area contributed by atoms with Gasteiger partial charge in [0.05, 0.1) is 17.9 Å². The van der Waals surface area contributed by atoms with Crippen molar-refractivity contribution in [2.75, 3.05) is 6.61 Å². The van der Waals surface area contributed by atoms with Crippen LogP contribution in [0.5, 0.6) is 11.5 Å².